The van der Waals surface area contributed by atoms with Crippen LogP contribution in [0, 0.1) is 27.1 Å². The number of esters is 1. The molecule has 0 aromatic carbocycles. The summed E-state index contributed by atoms with van der Waals surface area (Å²) in [7, 11) is 0. The Morgan fingerprint density at radius 2 is 1.69 bits per heavy atom. The second-order valence-corrected chi connectivity index (χ2v) is 14.3. The first-order valence-corrected chi connectivity index (χ1v) is 13.2. The summed E-state index contributed by atoms with van der Waals surface area (Å²) in [6.07, 6.45) is 8.88. The van der Waals surface area contributed by atoms with Gasteiger partial charge in [-0.3, -0.25) is 9.59 Å². The third kappa shape index (κ3) is 6.68. The molecule has 1 fully saturated rings. The van der Waals surface area contributed by atoms with E-state index in [4.69, 9.17) is 4.74 Å². The van der Waals surface area contributed by atoms with Gasteiger partial charge < -0.3 is 14.2 Å². The highest BCUT2D eigenvalue weighted by molar-refractivity contribution is 5.79. The number of imidazole rings is 1. The summed E-state index contributed by atoms with van der Waals surface area (Å²) in [6, 6.07) is 0.232. The van der Waals surface area contributed by atoms with Crippen LogP contribution in [0.1, 0.15) is 108 Å². The largest absolute Gasteiger partial charge is 0.463 e. The van der Waals surface area contributed by atoms with Crippen molar-refractivity contribution in [1.82, 2.24) is 14.5 Å². The van der Waals surface area contributed by atoms with Crippen LogP contribution in [-0.4, -0.2) is 46.0 Å². The van der Waals surface area contributed by atoms with E-state index >= 15 is 0 Å². The lowest BCUT2D eigenvalue weighted by Crippen LogP contribution is -2.53. The summed E-state index contributed by atoms with van der Waals surface area (Å²) in [5, 5.41) is 0. The number of hydrogen-bond donors (Lipinski definition) is 0. The van der Waals surface area contributed by atoms with Crippen molar-refractivity contribution in [2.24, 2.45) is 27.1 Å². The Balaban J connectivity index is 2.33. The van der Waals surface area contributed by atoms with Gasteiger partial charge in [-0.05, 0) is 47.8 Å². The van der Waals surface area contributed by atoms with E-state index < -0.39 is 5.41 Å². The molecule has 35 heavy (non-hydrogen) atoms. The van der Waals surface area contributed by atoms with E-state index in [1.807, 2.05) is 23.6 Å². The SMILES string of the molecule is CC(C)(C)CC(C)(C(=O)OCCN1CCCC1=O)C(C)(C)C(C)(C)CC(n1ccnc1)C(C)(C)C. The van der Waals surface area contributed by atoms with Gasteiger partial charge in [-0.15, -0.1) is 0 Å². The van der Waals surface area contributed by atoms with Crippen LogP contribution in [0.3, 0.4) is 0 Å². The Kier molecular flexibility index (Phi) is 8.61. The number of ether oxygens (including phenoxy) is 1. The molecular weight excluding hydrogens is 438 g/mol. The molecule has 6 nitrogen and oxygen atoms in total. The van der Waals surface area contributed by atoms with Crippen molar-refractivity contribution in [2.45, 2.75) is 108 Å². The summed E-state index contributed by atoms with van der Waals surface area (Å²) in [5.41, 5.74) is -1.31. The molecule has 6 heteroatoms. The zero-order chi connectivity index (χ0) is 26.9. The number of amides is 1. The molecule has 2 atom stereocenters. The fourth-order valence-electron chi connectivity index (χ4n) is 5.76. The smallest absolute Gasteiger partial charge is 0.312 e. The third-order valence-electron chi connectivity index (χ3n) is 8.76. The molecule has 1 saturated heterocycles. The minimum Gasteiger partial charge on any atom is -0.463 e. The maximum absolute atomic E-state index is 13.9. The molecular formula is C29H51N3O3. The van der Waals surface area contributed by atoms with E-state index in [1.165, 1.54) is 0 Å². The van der Waals surface area contributed by atoms with E-state index in [2.05, 4.69) is 85.7 Å². The van der Waals surface area contributed by atoms with Gasteiger partial charge in [0.1, 0.15) is 6.61 Å². The van der Waals surface area contributed by atoms with Crippen LogP contribution in [0.25, 0.3) is 0 Å². The van der Waals surface area contributed by atoms with Crippen molar-refractivity contribution in [3.05, 3.63) is 18.7 Å². The van der Waals surface area contributed by atoms with Gasteiger partial charge in [0, 0.05) is 31.4 Å². The van der Waals surface area contributed by atoms with Crippen molar-refractivity contribution in [3.8, 4) is 0 Å². The Labute approximate surface area is 214 Å². The Bertz CT molecular complexity index is 859. The Morgan fingerprint density at radius 3 is 2.14 bits per heavy atom. The minimum atomic E-state index is -0.707. The van der Waals surface area contributed by atoms with Gasteiger partial charge in [0.25, 0.3) is 0 Å². The fourth-order valence-corrected chi connectivity index (χ4v) is 5.76. The lowest BCUT2D eigenvalue weighted by Gasteiger charge is -2.55. The number of carbonyl (C=O) groups excluding carboxylic acids is 2. The molecule has 1 aromatic rings. The molecule has 1 aliphatic rings. The molecule has 0 radical (unpaired) electrons. The number of hydrogen-bond acceptors (Lipinski definition) is 4. The van der Waals surface area contributed by atoms with E-state index in [9.17, 15) is 9.59 Å². The van der Waals surface area contributed by atoms with Gasteiger partial charge in [-0.25, -0.2) is 4.98 Å². The fraction of sp³-hybridized carbons (Fsp3) is 0.828. The minimum absolute atomic E-state index is 0.0251. The van der Waals surface area contributed by atoms with Crippen LogP contribution in [0.4, 0.5) is 0 Å². The monoisotopic (exact) mass is 489 g/mol. The summed E-state index contributed by atoms with van der Waals surface area (Å²) in [4.78, 5) is 32.0. The second kappa shape index (κ2) is 10.3. The van der Waals surface area contributed by atoms with E-state index in [0.29, 0.717) is 19.4 Å². The van der Waals surface area contributed by atoms with Crippen LogP contribution >= 0.6 is 0 Å². The van der Waals surface area contributed by atoms with Gasteiger partial charge in [-0.2, -0.15) is 0 Å². The first kappa shape index (κ1) is 29.4. The van der Waals surface area contributed by atoms with Crippen LogP contribution in [0.5, 0.6) is 0 Å². The molecule has 1 aliphatic heterocycles. The number of likely N-dealkylation sites (tertiary alicyclic amines) is 1. The molecule has 0 bridgehead atoms. The van der Waals surface area contributed by atoms with Gasteiger partial charge in [-0.1, -0.05) is 69.2 Å². The van der Waals surface area contributed by atoms with E-state index in [1.54, 1.807) is 0 Å². The zero-order valence-electron chi connectivity index (χ0n) is 24.3. The van der Waals surface area contributed by atoms with Gasteiger partial charge in [0.05, 0.1) is 18.3 Å². The molecule has 200 valence electrons. The Hall–Kier alpha value is -1.85. The van der Waals surface area contributed by atoms with Crippen molar-refractivity contribution >= 4 is 11.9 Å². The lowest BCUT2D eigenvalue weighted by molar-refractivity contribution is -0.175. The average Bonchev–Trinajstić information content (AvgIpc) is 3.35. The van der Waals surface area contributed by atoms with E-state index in [-0.39, 0.29) is 46.2 Å². The average molecular weight is 490 g/mol. The summed E-state index contributed by atoms with van der Waals surface area (Å²) in [6.45, 7) is 26.0. The lowest BCUT2D eigenvalue weighted by atomic mass is 9.49. The molecule has 0 spiro atoms. The number of carbonyl (C=O) groups is 2. The molecule has 2 rings (SSSR count). The molecule has 2 heterocycles. The number of nitrogens with zero attached hydrogens (tertiary/aromatic N) is 3. The quantitative estimate of drug-likeness (QED) is 0.351. The predicted octanol–water partition coefficient (Wildman–Crippen LogP) is 6.52. The molecule has 2 unspecified atom stereocenters. The van der Waals surface area contributed by atoms with Crippen molar-refractivity contribution in [2.75, 3.05) is 19.7 Å². The highest BCUT2D eigenvalue weighted by Gasteiger charge is 2.57. The molecule has 1 amide bonds. The van der Waals surface area contributed by atoms with Crippen LogP contribution in [-0.2, 0) is 14.3 Å². The topological polar surface area (TPSA) is 64.4 Å². The second-order valence-electron chi connectivity index (χ2n) is 14.3. The highest BCUT2D eigenvalue weighted by atomic mass is 16.5. The van der Waals surface area contributed by atoms with E-state index in [0.717, 1.165) is 19.4 Å². The maximum atomic E-state index is 13.9. The summed E-state index contributed by atoms with van der Waals surface area (Å²) >= 11 is 0. The first-order chi connectivity index (χ1) is 15.8. The molecule has 0 aliphatic carbocycles. The van der Waals surface area contributed by atoms with Gasteiger partial charge in [0.15, 0.2) is 0 Å². The first-order valence-electron chi connectivity index (χ1n) is 13.2. The normalized spacial score (nSPS) is 18.5. The summed E-state index contributed by atoms with van der Waals surface area (Å²) < 4.78 is 8.15. The summed E-state index contributed by atoms with van der Waals surface area (Å²) in [5.74, 6) is -0.000209. The zero-order valence-corrected chi connectivity index (χ0v) is 24.3. The van der Waals surface area contributed by atoms with Crippen LogP contribution in [0.2, 0.25) is 0 Å². The van der Waals surface area contributed by atoms with Gasteiger partial charge in [0.2, 0.25) is 5.91 Å². The van der Waals surface area contributed by atoms with Crippen molar-refractivity contribution in [1.29, 1.82) is 0 Å². The van der Waals surface area contributed by atoms with Gasteiger partial charge >= 0.3 is 5.97 Å². The molecule has 0 saturated carbocycles. The highest BCUT2D eigenvalue weighted by Crippen LogP contribution is 2.59. The van der Waals surface area contributed by atoms with Crippen LogP contribution in [0.15, 0.2) is 18.7 Å². The third-order valence-corrected chi connectivity index (χ3v) is 8.76. The van der Waals surface area contributed by atoms with Crippen LogP contribution < -0.4 is 0 Å². The number of rotatable bonds is 10. The maximum Gasteiger partial charge on any atom is 0.312 e. The van der Waals surface area contributed by atoms with Crippen molar-refractivity contribution in [3.63, 3.8) is 0 Å². The standard InChI is InChI=1S/C29H51N3O3/c1-25(2,3)20-29(11,24(34)35-18-17-31-15-12-13-23(31)33)28(9,10)27(7,8)19-22(26(4,5)6)32-16-14-30-21-32/h14,16,21-22H,12-13,15,17-20H2,1-11H3. The molecule has 1 aromatic heterocycles. The molecule has 0 N–H and O–H groups in total. The predicted molar refractivity (Wildman–Crippen MR) is 142 cm³/mol. The Morgan fingerprint density at radius 1 is 1.06 bits per heavy atom. The number of aromatic nitrogens is 2. The van der Waals surface area contributed by atoms with Crippen molar-refractivity contribution < 1.29 is 14.3 Å².